The minimum Gasteiger partial charge on any atom is -0.423 e. The van der Waals surface area contributed by atoms with Gasteiger partial charge in [0.05, 0.1) is 6.61 Å². The third-order valence-electron chi connectivity index (χ3n) is 3.81. The van der Waals surface area contributed by atoms with Crippen LogP contribution in [0, 0.1) is 5.92 Å². The molecule has 0 aromatic heterocycles. The van der Waals surface area contributed by atoms with Crippen molar-refractivity contribution >= 4 is 18.4 Å². The molecule has 1 aliphatic rings. The Morgan fingerprint density at radius 2 is 1.95 bits per heavy atom. The van der Waals surface area contributed by atoms with E-state index in [-0.39, 0.29) is 11.7 Å². The molecule has 0 amide bonds. The maximum Gasteiger partial charge on any atom is 0.491 e. The van der Waals surface area contributed by atoms with Crippen molar-refractivity contribution in [2.75, 3.05) is 0 Å². The van der Waals surface area contributed by atoms with E-state index in [9.17, 15) is 9.82 Å². The zero-order valence-corrected chi connectivity index (χ0v) is 12.2. The van der Waals surface area contributed by atoms with Crippen LogP contribution in [0.3, 0.4) is 0 Å². The van der Waals surface area contributed by atoms with Crippen LogP contribution in [0.1, 0.15) is 29.8 Å². The topological polar surface area (TPSA) is 46.5 Å². The summed E-state index contributed by atoms with van der Waals surface area (Å²) in [6.07, 6.45) is 0. The molecule has 21 heavy (non-hydrogen) atoms. The lowest BCUT2D eigenvalue weighted by molar-refractivity contribution is 0.0939. The molecule has 1 heterocycles. The predicted octanol–water partition coefficient (Wildman–Crippen LogP) is 2.41. The third-order valence-corrected chi connectivity index (χ3v) is 3.81. The normalized spacial score (nSPS) is 13.6. The number of rotatable bonds is 3. The maximum atomic E-state index is 12.1. The van der Waals surface area contributed by atoms with E-state index in [2.05, 4.69) is 0 Å². The van der Waals surface area contributed by atoms with Crippen molar-refractivity contribution in [3.8, 4) is 11.1 Å². The quantitative estimate of drug-likeness (QED) is 0.693. The summed E-state index contributed by atoms with van der Waals surface area (Å²) in [5, 5.41) is 9.65. The number of hydrogen-bond acceptors (Lipinski definition) is 3. The number of Topliss-reactive ketones (excluding diaryl/α,β-unsaturated/α-hetero) is 1. The first kappa shape index (κ1) is 14.0. The monoisotopic (exact) mass is 280 g/mol. The average Bonchev–Trinajstić information content (AvgIpc) is 2.87. The van der Waals surface area contributed by atoms with E-state index < -0.39 is 7.12 Å². The Morgan fingerprint density at radius 3 is 2.71 bits per heavy atom. The Hall–Kier alpha value is -1.91. The van der Waals surface area contributed by atoms with Gasteiger partial charge in [0.1, 0.15) is 0 Å². The van der Waals surface area contributed by atoms with Gasteiger partial charge in [0.25, 0.3) is 0 Å². The van der Waals surface area contributed by atoms with Crippen LogP contribution in [0.5, 0.6) is 0 Å². The predicted molar refractivity (Wildman–Crippen MR) is 83.4 cm³/mol. The second-order valence-corrected chi connectivity index (χ2v) is 5.68. The number of fused-ring (bicyclic) bond motifs is 1. The van der Waals surface area contributed by atoms with Gasteiger partial charge in [-0.15, -0.1) is 0 Å². The lowest BCUT2D eigenvalue weighted by atomic mass is 9.79. The highest BCUT2D eigenvalue weighted by atomic mass is 16.5. The number of carbonyl (C=O) groups is 1. The highest BCUT2D eigenvalue weighted by Gasteiger charge is 2.27. The van der Waals surface area contributed by atoms with Crippen LogP contribution in [-0.2, 0) is 11.3 Å². The second kappa shape index (κ2) is 5.47. The van der Waals surface area contributed by atoms with E-state index in [1.54, 1.807) is 0 Å². The van der Waals surface area contributed by atoms with Gasteiger partial charge >= 0.3 is 7.12 Å². The molecule has 0 bridgehead atoms. The molecule has 4 heteroatoms. The van der Waals surface area contributed by atoms with Crippen molar-refractivity contribution in [2.24, 2.45) is 5.92 Å². The molecule has 3 nitrogen and oxygen atoms in total. The second-order valence-electron chi connectivity index (χ2n) is 5.68. The summed E-state index contributed by atoms with van der Waals surface area (Å²) < 4.78 is 5.21. The molecule has 0 fully saturated rings. The molecule has 0 atom stereocenters. The van der Waals surface area contributed by atoms with Gasteiger partial charge in [0.15, 0.2) is 5.78 Å². The van der Waals surface area contributed by atoms with Gasteiger partial charge in [-0.25, -0.2) is 0 Å². The number of benzene rings is 2. The van der Waals surface area contributed by atoms with E-state index in [1.165, 1.54) is 0 Å². The fraction of sp³-hybridized carbons (Fsp3) is 0.235. The summed E-state index contributed by atoms with van der Waals surface area (Å²) in [5.41, 5.74) is 4.60. The minimum atomic E-state index is -0.817. The van der Waals surface area contributed by atoms with Crippen molar-refractivity contribution in [1.82, 2.24) is 0 Å². The SMILES string of the molecule is CC(C)C(=O)c1cccc(-c2ccc3c(c2)COB3O)c1. The molecule has 2 aromatic carbocycles. The largest absolute Gasteiger partial charge is 0.491 e. The fourth-order valence-corrected chi connectivity index (χ4v) is 2.60. The average molecular weight is 280 g/mol. The van der Waals surface area contributed by atoms with Gasteiger partial charge in [0.2, 0.25) is 0 Å². The summed E-state index contributed by atoms with van der Waals surface area (Å²) in [6, 6.07) is 13.5. The van der Waals surface area contributed by atoms with Gasteiger partial charge in [-0.2, -0.15) is 0 Å². The standard InChI is InChI=1S/C17H17BO3/c1-11(2)17(19)14-5-3-4-12(8-14)13-6-7-16-15(9-13)10-21-18(16)20/h3-9,11,20H,10H2,1-2H3. The molecule has 3 rings (SSSR count). The van der Waals surface area contributed by atoms with Crippen molar-refractivity contribution < 1.29 is 14.5 Å². The van der Waals surface area contributed by atoms with Gasteiger partial charge in [0, 0.05) is 11.5 Å². The molecular weight excluding hydrogens is 263 g/mol. The molecule has 0 aliphatic carbocycles. The zero-order chi connectivity index (χ0) is 15.0. The number of carbonyl (C=O) groups excluding carboxylic acids is 1. The van der Waals surface area contributed by atoms with E-state index in [1.807, 2.05) is 56.3 Å². The zero-order valence-electron chi connectivity index (χ0n) is 12.2. The number of hydrogen-bond donors (Lipinski definition) is 1. The van der Waals surface area contributed by atoms with Crippen LogP contribution in [-0.4, -0.2) is 17.9 Å². The first-order valence-corrected chi connectivity index (χ1v) is 7.13. The highest BCUT2D eigenvalue weighted by molar-refractivity contribution is 6.61. The molecule has 0 radical (unpaired) electrons. The molecule has 1 aliphatic heterocycles. The van der Waals surface area contributed by atoms with E-state index in [0.29, 0.717) is 6.61 Å². The van der Waals surface area contributed by atoms with Gasteiger partial charge in [-0.3, -0.25) is 4.79 Å². The molecule has 0 saturated carbocycles. The van der Waals surface area contributed by atoms with Crippen molar-refractivity contribution in [3.05, 3.63) is 53.6 Å². The molecule has 0 saturated heterocycles. The first-order chi connectivity index (χ1) is 10.1. The molecule has 106 valence electrons. The third kappa shape index (κ3) is 2.65. The Labute approximate surface area is 124 Å². The Kier molecular flexibility index (Phi) is 3.66. The lowest BCUT2D eigenvalue weighted by Gasteiger charge is -2.08. The van der Waals surface area contributed by atoms with Crippen molar-refractivity contribution in [1.29, 1.82) is 0 Å². The van der Waals surface area contributed by atoms with Crippen molar-refractivity contribution in [2.45, 2.75) is 20.5 Å². The van der Waals surface area contributed by atoms with E-state index in [0.717, 1.165) is 27.7 Å². The molecule has 0 unspecified atom stereocenters. The molecule has 0 spiro atoms. The summed E-state index contributed by atoms with van der Waals surface area (Å²) in [7, 11) is -0.817. The lowest BCUT2D eigenvalue weighted by Crippen LogP contribution is -2.27. The van der Waals surface area contributed by atoms with Gasteiger partial charge in [-0.05, 0) is 34.3 Å². The smallest absolute Gasteiger partial charge is 0.423 e. The molecule has 1 N–H and O–H groups in total. The summed E-state index contributed by atoms with van der Waals surface area (Å²) in [5.74, 6) is 0.139. The molecular formula is C17H17BO3. The Bertz CT molecular complexity index is 694. The van der Waals surface area contributed by atoms with Crippen molar-refractivity contribution in [3.63, 3.8) is 0 Å². The van der Waals surface area contributed by atoms with Crippen LogP contribution >= 0.6 is 0 Å². The van der Waals surface area contributed by atoms with E-state index >= 15 is 0 Å². The van der Waals surface area contributed by atoms with E-state index in [4.69, 9.17) is 4.65 Å². The summed E-state index contributed by atoms with van der Waals surface area (Å²) in [4.78, 5) is 12.1. The van der Waals surface area contributed by atoms with Crippen LogP contribution in [0.15, 0.2) is 42.5 Å². The fourth-order valence-electron chi connectivity index (χ4n) is 2.60. The summed E-state index contributed by atoms with van der Waals surface area (Å²) in [6.45, 7) is 4.24. The highest BCUT2D eigenvalue weighted by Crippen LogP contribution is 2.24. The van der Waals surface area contributed by atoms with Crippen LogP contribution in [0.2, 0.25) is 0 Å². The Morgan fingerprint density at radius 1 is 1.19 bits per heavy atom. The van der Waals surface area contributed by atoms with Crippen LogP contribution in [0.4, 0.5) is 0 Å². The minimum absolute atomic E-state index is 0.0104. The Balaban J connectivity index is 1.98. The van der Waals surface area contributed by atoms with Gasteiger partial charge < -0.3 is 9.68 Å². The van der Waals surface area contributed by atoms with Crippen LogP contribution in [0.25, 0.3) is 11.1 Å². The number of ketones is 1. The molecule has 2 aromatic rings. The van der Waals surface area contributed by atoms with Crippen LogP contribution < -0.4 is 5.46 Å². The maximum absolute atomic E-state index is 12.1. The van der Waals surface area contributed by atoms with Gasteiger partial charge in [-0.1, -0.05) is 44.2 Å². The summed E-state index contributed by atoms with van der Waals surface area (Å²) >= 11 is 0. The first-order valence-electron chi connectivity index (χ1n) is 7.13.